The predicted molar refractivity (Wildman–Crippen MR) is 101 cm³/mol. The van der Waals surface area contributed by atoms with E-state index in [9.17, 15) is 0 Å². The molecule has 1 fully saturated rings. The normalized spacial score (nSPS) is 21.8. The molecule has 5 nitrogen and oxygen atoms in total. The molecule has 2 aromatic heterocycles. The van der Waals surface area contributed by atoms with Gasteiger partial charge in [0.1, 0.15) is 0 Å². The Morgan fingerprint density at radius 1 is 1.32 bits per heavy atom. The lowest BCUT2D eigenvalue weighted by atomic mass is 9.93. The molecule has 0 aliphatic carbocycles. The highest BCUT2D eigenvalue weighted by Gasteiger charge is 2.26. The molecule has 2 unspecified atom stereocenters. The Hall–Kier alpha value is -1.72. The van der Waals surface area contributed by atoms with Gasteiger partial charge in [0.05, 0.1) is 11.4 Å². The van der Waals surface area contributed by atoms with Crippen LogP contribution in [0.1, 0.15) is 50.2 Å². The van der Waals surface area contributed by atoms with Crippen LogP contribution >= 0.6 is 0 Å². The van der Waals surface area contributed by atoms with Crippen molar-refractivity contribution in [2.75, 3.05) is 13.1 Å². The quantitative estimate of drug-likeness (QED) is 0.877. The minimum Gasteiger partial charge on any atom is -0.309 e. The summed E-state index contributed by atoms with van der Waals surface area (Å²) in [7, 11) is 0. The van der Waals surface area contributed by atoms with Gasteiger partial charge in [-0.25, -0.2) is 0 Å². The molecular weight excluding hydrogens is 310 g/mol. The van der Waals surface area contributed by atoms with Crippen LogP contribution in [0.5, 0.6) is 0 Å². The molecule has 2 atom stereocenters. The summed E-state index contributed by atoms with van der Waals surface area (Å²) in [5, 5.41) is 8.38. The van der Waals surface area contributed by atoms with Gasteiger partial charge in [-0.2, -0.15) is 5.10 Å². The fourth-order valence-electron chi connectivity index (χ4n) is 3.60. The zero-order chi connectivity index (χ0) is 17.8. The molecule has 136 valence electrons. The van der Waals surface area contributed by atoms with Crippen LogP contribution in [0.25, 0.3) is 0 Å². The molecule has 25 heavy (non-hydrogen) atoms. The van der Waals surface area contributed by atoms with E-state index < -0.39 is 0 Å². The predicted octanol–water partition coefficient (Wildman–Crippen LogP) is 3.17. The van der Waals surface area contributed by atoms with Gasteiger partial charge in [0, 0.05) is 56.2 Å². The number of hydrogen-bond donors (Lipinski definition) is 1. The van der Waals surface area contributed by atoms with E-state index in [4.69, 9.17) is 0 Å². The summed E-state index contributed by atoms with van der Waals surface area (Å²) in [6, 6.07) is 7.15. The van der Waals surface area contributed by atoms with Gasteiger partial charge < -0.3 is 5.32 Å². The number of rotatable bonds is 6. The number of aryl methyl sites for hydroxylation is 1. The van der Waals surface area contributed by atoms with Crippen LogP contribution in [0.4, 0.5) is 0 Å². The monoisotopic (exact) mass is 341 g/mol. The van der Waals surface area contributed by atoms with Gasteiger partial charge >= 0.3 is 0 Å². The van der Waals surface area contributed by atoms with Crippen LogP contribution in [0.15, 0.2) is 30.6 Å². The van der Waals surface area contributed by atoms with Gasteiger partial charge in [0.25, 0.3) is 0 Å². The van der Waals surface area contributed by atoms with E-state index >= 15 is 0 Å². The van der Waals surface area contributed by atoms with Crippen molar-refractivity contribution >= 4 is 0 Å². The van der Waals surface area contributed by atoms with Crippen LogP contribution in [0.2, 0.25) is 0 Å². The molecule has 1 aliphatic rings. The highest BCUT2D eigenvalue weighted by molar-refractivity contribution is 5.15. The van der Waals surface area contributed by atoms with E-state index in [1.54, 1.807) is 0 Å². The maximum absolute atomic E-state index is 4.61. The smallest absolute Gasteiger partial charge is 0.0638 e. The Labute approximate surface area is 151 Å². The SMILES string of the molecule is Cc1nn(C(C)C)cc1CNC1CCN(Cc2ccccn2)CC1C. The van der Waals surface area contributed by atoms with Gasteiger partial charge in [-0.3, -0.25) is 14.6 Å². The Kier molecular flexibility index (Phi) is 5.86. The molecule has 3 heterocycles. The summed E-state index contributed by atoms with van der Waals surface area (Å²) >= 11 is 0. The molecule has 2 aromatic rings. The zero-order valence-electron chi connectivity index (χ0n) is 15.9. The molecular formula is C20H31N5. The molecule has 0 saturated carbocycles. The molecule has 1 saturated heterocycles. The average molecular weight is 342 g/mol. The van der Waals surface area contributed by atoms with Gasteiger partial charge in [0.2, 0.25) is 0 Å². The van der Waals surface area contributed by atoms with Crippen LogP contribution < -0.4 is 5.32 Å². The lowest BCUT2D eigenvalue weighted by Gasteiger charge is -2.37. The van der Waals surface area contributed by atoms with Crippen LogP contribution in [-0.4, -0.2) is 38.8 Å². The number of aromatic nitrogens is 3. The Morgan fingerprint density at radius 2 is 2.16 bits per heavy atom. The number of piperidine rings is 1. The number of likely N-dealkylation sites (tertiary alicyclic amines) is 1. The third kappa shape index (κ3) is 4.67. The molecule has 0 amide bonds. The minimum atomic E-state index is 0.418. The maximum Gasteiger partial charge on any atom is 0.0638 e. The van der Waals surface area contributed by atoms with E-state index in [0.29, 0.717) is 18.0 Å². The summed E-state index contributed by atoms with van der Waals surface area (Å²) in [4.78, 5) is 6.97. The summed E-state index contributed by atoms with van der Waals surface area (Å²) < 4.78 is 2.06. The van der Waals surface area contributed by atoms with Crippen LogP contribution in [0.3, 0.4) is 0 Å². The lowest BCUT2D eigenvalue weighted by Crippen LogP contribution is -2.47. The van der Waals surface area contributed by atoms with E-state index in [-0.39, 0.29) is 0 Å². The van der Waals surface area contributed by atoms with Crippen molar-refractivity contribution in [3.05, 3.63) is 47.5 Å². The number of nitrogens with one attached hydrogen (secondary N) is 1. The highest BCUT2D eigenvalue weighted by atomic mass is 15.3. The Morgan fingerprint density at radius 3 is 2.80 bits per heavy atom. The fourth-order valence-corrected chi connectivity index (χ4v) is 3.60. The van der Waals surface area contributed by atoms with Crippen molar-refractivity contribution in [2.45, 2.75) is 59.3 Å². The zero-order valence-corrected chi connectivity index (χ0v) is 15.9. The van der Waals surface area contributed by atoms with Crippen molar-refractivity contribution in [1.29, 1.82) is 0 Å². The number of pyridine rings is 1. The summed E-state index contributed by atoms with van der Waals surface area (Å²) in [5.41, 5.74) is 3.62. The third-order valence-electron chi connectivity index (χ3n) is 5.20. The average Bonchev–Trinajstić information content (AvgIpc) is 2.96. The van der Waals surface area contributed by atoms with Gasteiger partial charge in [-0.05, 0) is 45.2 Å². The molecule has 1 aliphatic heterocycles. The first-order valence-corrected chi connectivity index (χ1v) is 9.43. The maximum atomic E-state index is 4.61. The molecule has 0 radical (unpaired) electrons. The summed E-state index contributed by atoms with van der Waals surface area (Å²) in [5.74, 6) is 0.637. The van der Waals surface area contributed by atoms with E-state index in [2.05, 4.69) is 71.0 Å². The van der Waals surface area contributed by atoms with Crippen LogP contribution in [0, 0.1) is 12.8 Å². The van der Waals surface area contributed by atoms with Crippen molar-refractivity contribution in [3.8, 4) is 0 Å². The minimum absolute atomic E-state index is 0.418. The van der Waals surface area contributed by atoms with Gasteiger partial charge in [0.15, 0.2) is 0 Å². The first-order chi connectivity index (χ1) is 12.0. The van der Waals surface area contributed by atoms with Gasteiger partial charge in [-0.15, -0.1) is 0 Å². The Bertz CT molecular complexity index is 664. The van der Waals surface area contributed by atoms with E-state index in [1.165, 1.54) is 12.0 Å². The van der Waals surface area contributed by atoms with Gasteiger partial charge in [-0.1, -0.05) is 13.0 Å². The Balaban J connectivity index is 1.50. The topological polar surface area (TPSA) is 46.0 Å². The second-order valence-electron chi connectivity index (χ2n) is 7.62. The van der Waals surface area contributed by atoms with Crippen molar-refractivity contribution < 1.29 is 0 Å². The summed E-state index contributed by atoms with van der Waals surface area (Å²) in [6.45, 7) is 12.9. The number of hydrogen-bond acceptors (Lipinski definition) is 4. The first-order valence-electron chi connectivity index (χ1n) is 9.43. The molecule has 0 bridgehead atoms. The molecule has 1 N–H and O–H groups in total. The molecule has 3 rings (SSSR count). The standard InChI is InChI=1S/C20H31N5/c1-15(2)25-13-18(17(4)23-25)11-22-20-8-10-24(12-16(20)3)14-19-7-5-6-9-21-19/h5-7,9,13,15-16,20,22H,8,10-12,14H2,1-4H3. The number of nitrogens with zero attached hydrogens (tertiary/aromatic N) is 4. The molecule has 0 spiro atoms. The van der Waals surface area contributed by atoms with Crippen molar-refractivity contribution in [3.63, 3.8) is 0 Å². The highest BCUT2D eigenvalue weighted by Crippen LogP contribution is 2.19. The van der Waals surface area contributed by atoms with Crippen LogP contribution in [-0.2, 0) is 13.1 Å². The molecule has 5 heteroatoms. The lowest BCUT2D eigenvalue weighted by molar-refractivity contribution is 0.139. The third-order valence-corrected chi connectivity index (χ3v) is 5.20. The molecule has 0 aromatic carbocycles. The second kappa shape index (κ2) is 8.11. The fraction of sp³-hybridized carbons (Fsp3) is 0.600. The van der Waals surface area contributed by atoms with E-state index in [1.807, 2.05) is 12.3 Å². The summed E-state index contributed by atoms with van der Waals surface area (Å²) in [6.07, 6.45) is 5.26. The van der Waals surface area contributed by atoms with E-state index in [0.717, 1.165) is 37.6 Å². The van der Waals surface area contributed by atoms with Crippen molar-refractivity contribution in [1.82, 2.24) is 25.0 Å². The largest absolute Gasteiger partial charge is 0.309 e. The van der Waals surface area contributed by atoms with Crippen molar-refractivity contribution in [2.24, 2.45) is 5.92 Å². The second-order valence-corrected chi connectivity index (χ2v) is 7.62. The first kappa shape index (κ1) is 18.1.